The van der Waals surface area contributed by atoms with Gasteiger partial charge in [0.25, 0.3) is 0 Å². The molecular formula is C18H28N2O. The molecule has 2 rings (SSSR count). The molecule has 21 heavy (non-hydrogen) atoms. The molecule has 3 heteroatoms. The monoisotopic (exact) mass is 288 g/mol. The third-order valence-corrected chi connectivity index (χ3v) is 4.39. The summed E-state index contributed by atoms with van der Waals surface area (Å²) in [6.07, 6.45) is 0. The summed E-state index contributed by atoms with van der Waals surface area (Å²) in [5.41, 5.74) is 2.29. The molecule has 0 bridgehead atoms. The van der Waals surface area contributed by atoms with Gasteiger partial charge in [0, 0.05) is 23.5 Å². The maximum atomic E-state index is 6.12. The van der Waals surface area contributed by atoms with E-state index in [0.717, 1.165) is 31.0 Å². The summed E-state index contributed by atoms with van der Waals surface area (Å²) in [7, 11) is 2.18. The number of furan rings is 1. The van der Waals surface area contributed by atoms with E-state index in [1.165, 1.54) is 10.9 Å². The Morgan fingerprint density at radius 1 is 1.19 bits per heavy atom. The molecular weight excluding hydrogens is 260 g/mol. The van der Waals surface area contributed by atoms with Gasteiger partial charge in [0.05, 0.1) is 6.54 Å². The van der Waals surface area contributed by atoms with E-state index in [0.29, 0.717) is 12.0 Å². The summed E-state index contributed by atoms with van der Waals surface area (Å²) in [6, 6.07) is 8.86. The Morgan fingerprint density at radius 2 is 1.90 bits per heavy atom. The Hall–Kier alpha value is -1.32. The van der Waals surface area contributed by atoms with Gasteiger partial charge in [0.1, 0.15) is 11.3 Å². The van der Waals surface area contributed by atoms with Crippen LogP contribution in [0, 0.1) is 5.92 Å². The van der Waals surface area contributed by atoms with Gasteiger partial charge < -0.3 is 9.73 Å². The summed E-state index contributed by atoms with van der Waals surface area (Å²) in [4.78, 5) is 2.37. The Morgan fingerprint density at radius 3 is 2.57 bits per heavy atom. The lowest BCUT2D eigenvalue weighted by molar-refractivity contribution is 0.187. The van der Waals surface area contributed by atoms with Crippen molar-refractivity contribution in [3.05, 3.63) is 35.6 Å². The average molecular weight is 288 g/mol. The number of fused-ring (bicyclic) bond motifs is 1. The van der Waals surface area contributed by atoms with Gasteiger partial charge in [-0.15, -0.1) is 0 Å². The van der Waals surface area contributed by atoms with Gasteiger partial charge in [-0.25, -0.2) is 0 Å². The summed E-state index contributed by atoms with van der Waals surface area (Å²) in [6.45, 7) is 11.6. The van der Waals surface area contributed by atoms with Gasteiger partial charge in [-0.05, 0) is 32.5 Å². The highest BCUT2D eigenvalue weighted by Gasteiger charge is 2.19. The molecule has 1 aromatic heterocycles. The lowest BCUT2D eigenvalue weighted by Crippen LogP contribution is -2.33. The standard InChI is InChI=1S/C18H28N2O/c1-6-19-11-16-15-9-7-8-10-17(15)21-18(16)12-20(5)14(4)13(2)3/h7-10,13-14,19H,6,11-12H2,1-5H3. The van der Waals surface area contributed by atoms with Crippen molar-refractivity contribution in [3.8, 4) is 0 Å². The quantitative estimate of drug-likeness (QED) is 0.834. The molecule has 0 fully saturated rings. The zero-order valence-corrected chi connectivity index (χ0v) is 13.9. The van der Waals surface area contributed by atoms with Gasteiger partial charge in [0.2, 0.25) is 0 Å². The van der Waals surface area contributed by atoms with Crippen molar-refractivity contribution in [1.82, 2.24) is 10.2 Å². The molecule has 1 aromatic carbocycles. The van der Waals surface area contributed by atoms with Crippen LogP contribution < -0.4 is 5.32 Å². The predicted octanol–water partition coefficient (Wildman–Crippen LogP) is 4.02. The molecule has 1 unspecified atom stereocenters. The van der Waals surface area contributed by atoms with Crippen LogP contribution in [-0.2, 0) is 13.1 Å². The van der Waals surface area contributed by atoms with Gasteiger partial charge in [-0.1, -0.05) is 39.0 Å². The number of hydrogen-bond acceptors (Lipinski definition) is 3. The van der Waals surface area contributed by atoms with Crippen LogP contribution in [0.2, 0.25) is 0 Å². The van der Waals surface area contributed by atoms with Crippen molar-refractivity contribution in [3.63, 3.8) is 0 Å². The molecule has 1 atom stereocenters. The molecule has 0 aliphatic carbocycles. The Balaban J connectivity index is 2.29. The fourth-order valence-corrected chi connectivity index (χ4v) is 2.60. The topological polar surface area (TPSA) is 28.4 Å². The maximum absolute atomic E-state index is 6.12. The summed E-state index contributed by atoms with van der Waals surface area (Å²) in [5, 5.41) is 4.67. The van der Waals surface area contributed by atoms with Crippen molar-refractivity contribution < 1.29 is 4.42 Å². The first-order chi connectivity index (χ1) is 10.0. The average Bonchev–Trinajstić information content (AvgIpc) is 2.81. The van der Waals surface area contributed by atoms with Crippen LogP contribution in [0.5, 0.6) is 0 Å². The smallest absolute Gasteiger partial charge is 0.134 e. The number of nitrogens with zero attached hydrogens (tertiary/aromatic N) is 1. The Kier molecular flexibility index (Phi) is 5.43. The molecule has 2 aromatic rings. The van der Waals surface area contributed by atoms with E-state index >= 15 is 0 Å². The minimum atomic E-state index is 0.533. The molecule has 1 heterocycles. The van der Waals surface area contributed by atoms with Crippen molar-refractivity contribution in [1.29, 1.82) is 0 Å². The van der Waals surface area contributed by atoms with E-state index < -0.39 is 0 Å². The third-order valence-electron chi connectivity index (χ3n) is 4.39. The highest BCUT2D eigenvalue weighted by molar-refractivity contribution is 5.82. The van der Waals surface area contributed by atoms with E-state index in [4.69, 9.17) is 4.42 Å². The highest BCUT2D eigenvalue weighted by atomic mass is 16.3. The van der Waals surface area contributed by atoms with E-state index in [1.54, 1.807) is 0 Å². The second kappa shape index (κ2) is 7.10. The molecule has 0 saturated heterocycles. The lowest BCUT2D eigenvalue weighted by Gasteiger charge is -2.27. The minimum Gasteiger partial charge on any atom is -0.459 e. The second-order valence-corrected chi connectivity index (χ2v) is 6.18. The zero-order chi connectivity index (χ0) is 15.4. The molecule has 3 nitrogen and oxygen atoms in total. The molecule has 116 valence electrons. The summed E-state index contributed by atoms with van der Waals surface area (Å²) in [5.74, 6) is 1.73. The summed E-state index contributed by atoms with van der Waals surface area (Å²) >= 11 is 0. The van der Waals surface area contributed by atoms with Crippen LogP contribution >= 0.6 is 0 Å². The van der Waals surface area contributed by atoms with Crippen LogP contribution in [0.25, 0.3) is 11.0 Å². The van der Waals surface area contributed by atoms with E-state index in [9.17, 15) is 0 Å². The number of benzene rings is 1. The predicted molar refractivity (Wildman–Crippen MR) is 89.4 cm³/mol. The largest absolute Gasteiger partial charge is 0.459 e. The maximum Gasteiger partial charge on any atom is 0.134 e. The SMILES string of the molecule is CCNCc1c(CN(C)C(C)C(C)C)oc2ccccc12. The fourth-order valence-electron chi connectivity index (χ4n) is 2.60. The van der Waals surface area contributed by atoms with Crippen molar-refractivity contribution in [2.45, 2.75) is 46.8 Å². The Bertz CT molecular complexity index is 574. The van der Waals surface area contributed by atoms with Crippen LogP contribution in [0.1, 0.15) is 39.0 Å². The normalized spacial score (nSPS) is 13.5. The number of hydrogen-bond donors (Lipinski definition) is 1. The molecule has 0 spiro atoms. The van der Waals surface area contributed by atoms with Gasteiger partial charge >= 0.3 is 0 Å². The van der Waals surface area contributed by atoms with E-state index in [2.05, 4.69) is 63.2 Å². The zero-order valence-electron chi connectivity index (χ0n) is 13.9. The van der Waals surface area contributed by atoms with Crippen molar-refractivity contribution >= 4 is 11.0 Å². The first kappa shape index (κ1) is 16.1. The van der Waals surface area contributed by atoms with Crippen LogP contribution in [-0.4, -0.2) is 24.5 Å². The van der Waals surface area contributed by atoms with E-state index in [-0.39, 0.29) is 0 Å². The summed E-state index contributed by atoms with van der Waals surface area (Å²) < 4.78 is 6.12. The fraction of sp³-hybridized carbons (Fsp3) is 0.556. The number of rotatable bonds is 7. The second-order valence-electron chi connectivity index (χ2n) is 6.18. The molecule has 0 aliphatic rings. The third kappa shape index (κ3) is 3.66. The van der Waals surface area contributed by atoms with Gasteiger partial charge in [-0.3, -0.25) is 4.90 Å². The van der Waals surface area contributed by atoms with Crippen LogP contribution in [0.3, 0.4) is 0 Å². The first-order valence-electron chi connectivity index (χ1n) is 7.94. The first-order valence-corrected chi connectivity index (χ1v) is 7.94. The van der Waals surface area contributed by atoms with Crippen molar-refractivity contribution in [2.24, 2.45) is 5.92 Å². The molecule has 0 aliphatic heterocycles. The molecule has 0 radical (unpaired) electrons. The van der Waals surface area contributed by atoms with Gasteiger partial charge in [-0.2, -0.15) is 0 Å². The molecule has 0 amide bonds. The number of para-hydroxylation sites is 1. The number of nitrogens with one attached hydrogen (secondary N) is 1. The van der Waals surface area contributed by atoms with Crippen molar-refractivity contribution in [2.75, 3.05) is 13.6 Å². The van der Waals surface area contributed by atoms with Crippen LogP contribution in [0.4, 0.5) is 0 Å². The Labute approximate surface area is 128 Å². The molecule has 1 N–H and O–H groups in total. The molecule has 0 saturated carbocycles. The van der Waals surface area contributed by atoms with Crippen LogP contribution in [0.15, 0.2) is 28.7 Å². The highest BCUT2D eigenvalue weighted by Crippen LogP contribution is 2.27. The van der Waals surface area contributed by atoms with E-state index in [1.807, 2.05) is 6.07 Å². The minimum absolute atomic E-state index is 0.533. The van der Waals surface area contributed by atoms with Gasteiger partial charge in [0.15, 0.2) is 0 Å². The lowest BCUT2D eigenvalue weighted by atomic mass is 10.0.